The third-order valence-electron chi connectivity index (χ3n) is 1.38. The van der Waals surface area contributed by atoms with Gasteiger partial charge in [-0.1, -0.05) is 0 Å². The predicted molar refractivity (Wildman–Crippen MR) is 39.2 cm³/mol. The number of hydrogen-bond acceptors (Lipinski definition) is 3. The van der Waals surface area contributed by atoms with Crippen molar-refractivity contribution in [3.63, 3.8) is 0 Å². The summed E-state index contributed by atoms with van der Waals surface area (Å²) in [4.78, 5) is 20.6. The van der Waals surface area contributed by atoms with E-state index in [1.165, 1.54) is 0 Å². The van der Waals surface area contributed by atoms with E-state index in [4.69, 9.17) is 10.8 Å². The second-order valence-electron chi connectivity index (χ2n) is 2.44. The smallest absolute Gasteiger partial charge is 0.403 e. The second kappa shape index (κ2) is 4.80. The fourth-order valence-corrected chi connectivity index (χ4v) is 0.631. The Kier molecular flexibility index (Phi) is 4.35. The van der Waals surface area contributed by atoms with E-state index in [-0.39, 0.29) is 0 Å². The summed E-state index contributed by atoms with van der Waals surface area (Å²) in [6, 6.07) is 0. The minimum Gasteiger partial charge on any atom is -0.481 e. The summed E-state index contributed by atoms with van der Waals surface area (Å²) < 4.78 is 35.9. The summed E-state index contributed by atoms with van der Waals surface area (Å²) in [5, 5.41) is 9.95. The molecule has 0 aromatic carbocycles. The average Bonchev–Trinajstić information content (AvgIpc) is 2.01. The first kappa shape index (κ1) is 12.7. The van der Waals surface area contributed by atoms with Gasteiger partial charge in [-0.05, 0) is 0 Å². The van der Waals surface area contributed by atoms with Gasteiger partial charge >= 0.3 is 12.1 Å². The molecule has 1 unspecified atom stereocenters. The van der Waals surface area contributed by atoms with Crippen LogP contribution >= 0.6 is 0 Å². The highest BCUT2D eigenvalue weighted by atomic mass is 19.4. The molecule has 5 nitrogen and oxygen atoms in total. The van der Waals surface area contributed by atoms with Gasteiger partial charge in [0.15, 0.2) is 5.92 Å². The quantitative estimate of drug-likeness (QED) is 0.578. The van der Waals surface area contributed by atoms with Crippen LogP contribution in [0.2, 0.25) is 0 Å². The number of halogens is 3. The van der Waals surface area contributed by atoms with Gasteiger partial charge in [-0.15, -0.1) is 0 Å². The number of aliphatic carboxylic acids is 1. The number of amides is 1. The molecule has 0 bridgehead atoms. The van der Waals surface area contributed by atoms with Crippen LogP contribution in [0.3, 0.4) is 0 Å². The van der Waals surface area contributed by atoms with Crippen LogP contribution in [0.25, 0.3) is 0 Å². The molecule has 0 aromatic heterocycles. The maximum atomic E-state index is 12.0. The third-order valence-corrected chi connectivity index (χ3v) is 1.38. The first-order chi connectivity index (χ1) is 6.29. The highest BCUT2D eigenvalue weighted by Crippen LogP contribution is 2.25. The Hall–Kier alpha value is -1.31. The average molecular weight is 214 g/mol. The lowest BCUT2D eigenvalue weighted by Crippen LogP contribution is -2.42. The van der Waals surface area contributed by atoms with Gasteiger partial charge < -0.3 is 16.2 Å². The molecular weight excluding hydrogens is 205 g/mol. The first-order valence-corrected chi connectivity index (χ1v) is 3.55. The Labute approximate surface area is 77.1 Å². The molecular formula is C6H9F3N2O3. The van der Waals surface area contributed by atoms with Crippen LogP contribution < -0.4 is 11.1 Å². The normalized spacial score (nSPS) is 13.4. The van der Waals surface area contributed by atoms with Crippen molar-refractivity contribution >= 4 is 11.9 Å². The van der Waals surface area contributed by atoms with Crippen LogP contribution in [0, 0.1) is 5.92 Å². The summed E-state index contributed by atoms with van der Waals surface area (Å²) >= 11 is 0. The van der Waals surface area contributed by atoms with Gasteiger partial charge in [0.2, 0.25) is 5.91 Å². The lowest BCUT2D eigenvalue weighted by atomic mass is 10.1. The molecule has 0 aliphatic carbocycles. The Morgan fingerprint density at radius 3 is 2.21 bits per heavy atom. The minimum atomic E-state index is -4.88. The Balaban J connectivity index is 4.26. The zero-order chi connectivity index (χ0) is 11.4. The molecule has 14 heavy (non-hydrogen) atoms. The van der Waals surface area contributed by atoms with Gasteiger partial charge in [0.1, 0.15) is 0 Å². The van der Waals surface area contributed by atoms with Crippen molar-refractivity contribution in [1.82, 2.24) is 5.32 Å². The van der Waals surface area contributed by atoms with Crippen LogP contribution in [0.1, 0.15) is 0 Å². The molecule has 0 saturated heterocycles. The number of nitrogens with one attached hydrogen (secondary N) is 1. The first-order valence-electron chi connectivity index (χ1n) is 3.55. The van der Waals surface area contributed by atoms with Gasteiger partial charge in [-0.3, -0.25) is 9.59 Å². The number of rotatable bonds is 4. The number of carboxylic acids is 1. The zero-order valence-electron chi connectivity index (χ0n) is 6.97. The Bertz CT molecular complexity index is 229. The maximum Gasteiger partial charge on any atom is 0.403 e. The van der Waals surface area contributed by atoms with E-state index >= 15 is 0 Å². The predicted octanol–water partition coefficient (Wildman–Crippen LogP) is -0.676. The number of hydrogen-bond donors (Lipinski definition) is 3. The molecule has 1 atom stereocenters. The second-order valence-corrected chi connectivity index (χ2v) is 2.44. The molecule has 4 N–H and O–H groups in total. The van der Waals surface area contributed by atoms with Crippen molar-refractivity contribution in [1.29, 1.82) is 0 Å². The zero-order valence-corrected chi connectivity index (χ0v) is 6.97. The van der Waals surface area contributed by atoms with E-state index in [2.05, 4.69) is 0 Å². The van der Waals surface area contributed by atoms with Crippen molar-refractivity contribution in [3.05, 3.63) is 0 Å². The summed E-state index contributed by atoms with van der Waals surface area (Å²) in [6.45, 7) is -1.49. The van der Waals surface area contributed by atoms with Crippen LogP contribution in [0.15, 0.2) is 0 Å². The molecule has 0 spiro atoms. The van der Waals surface area contributed by atoms with Crippen molar-refractivity contribution in [2.75, 3.05) is 13.1 Å². The Morgan fingerprint density at radius 2 is 1.93 bits per heavy atom. The summed E-state index contributed by atoms with van der Waals surface area (Å²) in [7, 11) is 0. The summed E-state index contributed by atoms with van der Waals surface area (Å²) in [5.74, 6) is -5.46. The number of nitrogens with two attached hydrogens (primary N) is 1. The highest BCUT2D eigenvalue weighted by molar-refractivity contribution is 5.79. The van der Waals surface area contributed by atoms with E-state index in [1.807, 2.05) is 0 Å². The SMILES string of the molecule is NCC(=O)NCC(C(=O)O)C(F)(F)F. The molecule has 0 saturated carbocycles. The van der Waals surface area contributed by atoms with Gasteiger partial charge in [0.05, 0.1) is 6.54 Å². The molecule has 1 amide bonds. The molecule has 82 valence electrons. The van der Waals surface area contributed by atoms with Crippen LogP contribution in [0.5, 0.6) is 0 Å². The number of carbonyl (C=O) groups is 2. The summed E-state index contributed by atoms with van der Waals surface area (Å²) in [5.41, 5.74) is 4.80. The minimum absolute atomic E-state index is 0.482. The maximum absolute atomic E-state index is 12.0. The van der Waals surface area contributed by atoms with E-state index in [0.29, 0.717) is 0 Å². The lowest BCUT2D eigenvalue weighted by molar-refractivity contribution is -0.192. The number of alkyl halides is 3. The van der Waals surface area contributed by atoms with Crippen LogP contribution in [-0.4, -0.2) is 36.2 Å². The lowest BCUT2D eigenvalue weighted by Gasteiger charge is -2.16. The van der Waals surface area contributed by atoms with Gasteiger partial charge in [0, 0.05) is 6.54 Å². The topological polar surface area (TPSA) is 92.4 Å². The number of carbonyl (C=O) groups excluding carboxylic acids is 1. The van der Waals surface area contributed by atoms with E-state index < -0.39 is 37.1 Å². The fraction of sp³-hybridized carbons (Fsp3) is 0.667. The van der Waals surface area contributed by atoms with Crippen molar-refractivity contribution in [2.45, 2.75) is 6.18 Å². The fourth-order valence-electron chi connectivity index (χ4n) is 0.631. The molecule has 0 fully saturated rings. The van der Waals surface area contributed by atoms with Crippen molar-refractivity contribution in [2.24, 2.45) is 11.7 Å². The van der Waals surface area contributed by atoms with Gasteiger partial charge in [-0.2, -0.15) is 13.2 Å². The molecule has 0 aliphatic heterocycles. The molecule has 0 heterocycles. The highest BCUT2D eigenvalue weighted by Gasteiger charge is 2.45. The molecule has 0 aromatic rings. The largest absolute Gasteiger partial charge is 0.481 e. The van der Waals surface area contributed by atoms with Crippen LogP contribution in [-0.2, 0) is 9.59 Å². The van der Waals surface area contributed by atoms with Gasteiger partial charge in [-0.25, -0.2) is 0 Å². The molecule has 0 radical (unpaired) electrons. The standard InChI is InChI=1S/C6H9F3N2O3/c7-6(8,9)3(5(13)14)2-11-4(12)1-10/h3H,1-2,10H2,(H,11,12)(H,13,14). The summed E-state index contributed by atoms with van der Waals surface area (Å²) in [6.07, 6.45) is -4.88. The van der Waals surface area contributed by atoms with E-state index in [9.17, 15) is 22.8 Å². The van der Waals surface area contributed by atoms with E-state index in [1.54, 1.807) is 5.32 Å². The Morgan fingerprint density at radius 1 is 1.43 bits per heavy atom. The monoisotopic (exact) mass is 214 g/mol. The molecule has 0 rings (SSSR count). The molecule has 8 heteroatoms. The molecule has 0 aliphatic rings. The van der Waals surface area contributed by atoms with Crippen LogP contribution in [0.4, 0.5) is 13.2 Å². The van der Waals surface area contributed by atoms with Crippen molar-refractivity contribution in [3.8, 4) is 0 Å². The third kappa shape index (κ3) is 4.08. The number of carboxylic acid groups (broad SMARTS) is 1. The van der Waals surface area contributed by atoms with Gasteiger partial charge in [0.25, 0.3) is 0 Å². The van der Waals surface area contributed by atoms with Crippen molar-refractivity contribution < 1.29 is 27.9 Å². The van der Waals surface area contributed by atoms with E-state index in [0.717, 1.165) is 0 Å².